The number of amides is 5. The summed E-state index contributed by atoms with van der Waals surface area (Å²) in [6.45, 7) is 3.96. The molecule has 45 heavy (non-hydrogen) atoms. The van der Waals surface area contributed by atoms with Crippen LogP contribution in [0.5, 0.6) is 0 Å². The Bertz CT molecular complexity index is 1460. The van der Waals surface area contributed by atoms with E-state index in [4.69, 9.17) is 5.73 Å². The predicted molar refractivity (Wildman–Crippen MR) is 169 cm³/mol. The van der Waals surface area contributed by atoms with Crippen LogP contribution in [0.1, 0.15) is 77.6 Å². The Morgan fingerprint density at radius 2 is 1.84 bits per heavy atom. The van der Waals surface area contributed by atoms with E-state index in [1.165, 1.54) is 12.1 Å². The molecule has 0 radical (unpaired) electrons. The normalized spacial score (nSPS) is 23.4. The van der Waals surface area contributed by atoms with Crippen molar-refractivity contribution in [1.82, 2.24) is 19.8 Å². The quantitative estimate of drug-likeness (QED) is 0.106. The highest BCUT2D eigenvalue weighted by molar-refractivity contribution is 7.97. The Labute approximate surface area is 266 Å². The van der Waals surface area contributed by atoms with Gasteiger partial charge in [-0.3, -0.25) is 34.2 Å². The molecule has 0 spiro atoms. The monoisotopic (exact) mass is 638 g/mol. The fraction of sp³-hybridized carbons (Fsp3) is 0.469. The van der Waals surface area contributed by atoms with Crippen LogP contribution in [0.3, 0.4) is 0 Å². The molecule has 2 saturated heterocycles. The van der Waals surface area contributed by atoms with Crippen molar-refractivity contribution in [3.05, 3.63) is 65.0 Å². The molecule has 2 aromatic carbocycles. The number of primary amides is 1. The highest BCUT2D eigenvalue weighted by Gasteiger charge is 2.46. The molecule has 2 aromatic rings. The Morgan fingerprint density at radius 1 is 1.07 bits per heavy atom. The van der Waals surface area contributed by atoms with Gasteiger partial charge in [0, 0.05) is 37.2 Å². The number of hydrogen-bond acceptors (Lipinski definition) is 9. The third-order valence-corrected chi connectivity index (χ3v) is 9.84. The Kier molecular flexibility index (Phi) is 10.5. The maximum Gasteiger partial charge on any atom is 0.264 e. The minimum atomic E-state index is -1.01. The number of anilines is 1. The van der Waals surface area contributed by atoms with Crippen molar-refractivity contribution >= 4 is 47.2 Å². The van der Waals surface area contributed by atoms with Crippen LogP contribution in [-0.2, 0) is 14.4 Å². The molecular weight excluding hydrogens is 599 g/mol. The molecule has 3 aliphatic rings. The van der Waals surface area contributed by atoms with Crippen molar-refractivity contribution < 1.29 is 28.4 Å². The maximum absolute atomic E-state index is 13.7. The van der Waals surface area contributed by atoms with Crippen LogP contribution in [0.15, 0.2) is 42.5 Å². The summed E-state index contributed by atoms with van der Waals surface area (Å²) in [6.07, 6.45) is 3.53. The molecule has 4 atom stereocenters. The fourth-order valence-corrected chi connectivity index (χ4v) is 7.69. The lowest BCUT2D eigenvalue weighted by atomic mass is 9.82. The summed E-state index contributed by atoms with van der Waals surface area (Å²) in [6, 6.07) is 10.4. The molecule has 5 N–H and O–H groups in total. The second-order valence-electron chi connectivity index (χ2n) is 11.6. The molecular formula is C32H39FN6O5S. The van der Waals surface area contributed by atoms with E-state index >= 15 is 0 Å². The number of benzene rings is 2. The van der Waals surface area contributed by atoms with E-state index in [2.05, 4.69) is 20.3 Å². The summed E-state index contributed by atoms with van der Waals surface area (Å²) in [5, 5.41) is 8.83. The highest BCUT2D eigenvalue weighted by Crippen LogP contribution is 2.43. The third kappa shape index (κ3) is 7.05. The molecule has 0 saturated carbocycles. The molecule has 0 aromatic heterocycles. The van der Waals surface area contributed by atoms with Crippen molar-refractivity contribution in [3.63, 3.8) is 0 Å². The Balaban J connectivity index is 1.19. The molecule has 13 heteroatoms. The van der Waals surface area contributed by atoms with Gasteiger partial charge < -0.3 is 16.4 Å². The number of imide groups is 2. The van der Waals surface area contributed by atoms with Gasteiger partial charge in [-0.2, -0.15) is 0 Å². The number of hydrogen-bond donors (Lipinski definition) is 4. The van der Waals surface area contributed by atoms with E-state index in [1.807, 2.05) is 6.92 Å². The number of fused-ring (bicyclic) bond motifs is 1. The summed E-state index contributed by atoms with van der Waals surface area (Å²) in [4.78, 5) is 63.9. The van der Waals surface area contributed by atoms with Gasteiger partial charge in [-0.1, -0.05) is 49.9 Å². The van der Waals surface area contributed by atoms with Crippen molar-refractivity contribution in [2.45, 2.75) is 63.5 Å². The lowest BCUT2D eigenvalue weighted by Crippen LogP contribution is -2.54. The zero-order valence-electron chi connectivity index (χ0n) is 25.2. The average Bonchev–Trinajstić information content (AvgIpc) is 3.50. The maximum atomic E-state index is 13.7. The lowest BCUT2D eigenvalue weighted by molar-refractivity contribution is -0.136. The first-order valence-corrected chi connectivity index (χ1v) is 16.4. The number of rotatable bonds is 14. The number of nitrogens with two attached hydrogens (primary N) is 1. The number of nitrogens with zero attached hydrogens (tertiary/aromatic N) is 2. The fourth-order valence-electron chi connectivity index (χ4n) is 6.54. The van der Waals surface area contributed by atoms with Crippen LogP contribution >= 0.6 is 11.9 Å². The van der Waals surface area contributed by atoms with Crippen molar-refractivity contribution in [1.29, 1.82) is 0 Å². The molecule has 3 aliphatic heterocycles. The van der Waals surface area contributed by atoms with Crippen LogP contribution < -0.4 is 21.7 Å². The molecule has 0 aliphatic carbocycles. The van der Waals surface area contributed by atoms with Crippen LogP contribution in [-0.4, -0.2) is 76.3 Å². The zero-order valence-corrected chi connectivity index (χ0v) is 26.0. The number of carbonyl (C=O) groups is 5. The number of unbranched alkanes of at least 4 members (excludes halogenated alkanes) is 2. The summed E-state index contributed by atoms with van der Waals surface area (Å²) in [7, 11) is 0. The van der Waals surface area contributed by atoms with Gasteiger partial charge >= 0.3 is 0 Å². The number of halogens is 1. The van der Waals surface area contributed by atoms with E-state index in [0.717, 1.165) is 42.7 Å². The van der Waals surface area contributed by atoms with Gasteiger partial charge in [0.1, 0.15) is 11.9 Å². The Morgan fingerprint density at radius 3 is 2.56 bits per heavy atom. The van der Waals surface area contributed by atoms with Gasteiger partial charge in [0.05, 0.1) is 22.9 Å². The first-order valence-electron chi connectivity index (χ1n) is 15.4. The van der Waals surface area contributed by atoms with Gasteiger partial charge in [0.2, 0.25) is 17.7 Å². The third-order valence-electron chi connectivity index (χ3n) is 8.76. The van der Waals surface area contributed by atoms with E-state index in [-0.39, 0.29) is 53.6 Å². The molecule has 11 nitrogen and oxygen atoms in total. The number of piperidine rings is 1. The number of carbonyl (C=O) groups excluding carboxylic acids is 5. The van der Waals surface area contributed by atoms with Crippen LogP contribution in [0.4, 0.5) is 10.1 Å². The van der Waals surface area contributed by atoms with Crippen molar-refractivity contribution in [2.75, 3.05) is 30.8 Å². The van der Waals surface area contributed by atoms with Crippen LogP contribution in [0, 0.1) is 11.7 Å². The summed E-state index contributed by atoms with van der Waals surface area (Å²) in [5.41, 5.74) is 7.77. The molecule has 240 valence electrons. The average molecular weight is 639 g/mol. The van der Waals surface area contributed by atoms with Gasteiger partial charge in [0.15, 0.2) is 0 Å². The lowest BCUT2D eigenvalue weighted by Gasteiger charge is -2.28. The summed E-state index contributed by atoms with van der Waals surface area (Å²) >= 11 is 1.65. The van der Waals surface area contributed by atoms with Crippen molar-refractivity contribution in [2.24, 2.45) is 11.7 Å². The van der Waals surface area contributed by atoms with Gasteiger partial charge in [0.25, 0.3) is 11.8 Å². The standard InChI is InChI=1S/C32H39FN6O5S/c1-2-35-18-45-38-17-22(29(34)41)27(19-10-12-20(33)13-11-19)24(38)9-4-3-5-16-36-23-8-6-7-21-28(23)32(44)39(31(21)43)25-14-15-26(40)37-30(25)42/h6-8,10-13,22,24-25,27,35-36H,2-5,9,14-18H2,1H3,(H2,34,41)(H,37,40,42). The minimum Gasteiger partial charge on any atom is -0.384 e. The predicted octanol–water partition coefficient (Wildman–Crippen LogP) is 2.98. The second-order valence-corrected chi connectivity index (χ2v) is 12.6. The van der Waals surface area contributed by atoms with Gasteiger partial charge in [-0.25, -0.2) is 8.70 Å². The molecule has 3 heterocycles. The second kappa shape index (κ2) is 14.5. The first kappa shape index (κ1) is 32.6. The van der Waals surface area contributed by atoms with Crippen LogP contribution in [0.25, 0.3) is 0 Å². The van der Waals surface area contributed by atoms with E-state index in [0.29, 0.717) is 24.7 Å². The largest absolute Gasteiger partial charge is 0.384 e. The number of nitrogens with one attached hydrogen (secondary N) is 3. The molecule has 5 amide bonds. The SMILES string of the molecule is CCNCSN1CC(C(N)=O)C(c2ccc(F)cc2)C1CCCCCNc1cccc2c1C(=O)N(C1CCC(=O)NC1=O)C2=O. The summed E-state index contributed by atoms with van der Waals surface area (Å²) in [5.74, 6) is -2.62. The van der Waals surface area contributed by atoms with E-state index in [1.54, 1.807) is 42.3 Å². The van der Waals surface area contributed by atoms with E-state index < -0.39 is 29.7 Å². The minimum absolute atomic E-state index is 0.0452. The van der Waals surface area contributed by atoms with Gasteiger partial charge in [-0.05, 0) is 55.6 Å². The first-order chi connectivity index (χ1) is 21.7. The van der Waals surface area contributed by atoms with E-state index in [9.17, 15) is 28.4 Å². The molecule has 0 bridgehead atoms. The summed E-state index contributed by atoms with van der Waals surface area (Å²) < 4.78 is 16.0. The topological polar surface area (TPSA) is 154 Å². The van der Waals surface area contributed by atoms with Crippen LogP contribution in [0.2, 0.25) is 0 Å². The smallest absolute Gasteiger partial charge is 0.264 e. The zero-order chi connectivity index (χ0) is 32.1. The molecule has 2 fully saturated rings. The van der Waals surface area contributed by atoms with Gasteiger partial charge in [-0.15, -0.1) is 0 Å². The van der Waals surface area contributed by atoms with Crippen molar-refractivity contribution in [3.8, 4) is 0 Å². The molecule has 4 unspecified atom stereocenters. The molecule has 5 rings (SSSR count). The highest BCUT2D eigenvalue weighted by atomic mass is 32.2. The Hall–Kier alpha value is -3.81.